The monoisotopic (exact) mass is 370 g/mol. The average molecular weight is 370 g/mol. The van der Waals surface area contributed by atoms with Crippen LogP contribution < -0.4 is 4.74 Å². The third-order valence-electron chi connectivity index (χ3n) is 5.51. The molecule has 5 nitrogen and oxygen atoms in total. The van der Waals surface area contributed by atoms with Crippen molar-refractivity contribution in [2.75, 3.05) is 26.7 Å². The number of ether oxygens (including phenoxy) is 1. The maximum atomic E-state index is 12.8. The molecule has 0 unspecified atom stereocenters. The largest absolute Gasteiger partial charge is 0.497 e. The third-order valence-corrected chi connectivity index (χ3v) is 6.36. The fraction of sp³-hybridized carbons (Fsp3) is 0.400. The molecule has 0 aliphatic carbocycles. The van der Waals surface area contributed by atoms with Crippen molar-refractivity contribution in [3.05, 3.63) is 52.2 Å². The van der Waals surface area contributed by atoms with E-state index in [9.17, 15) is 9.59 Å². The average Bonchev–Trinajstić information content (AvgIpc) is 3.23. The van der Waals surface area contributed by atoms with Gasteiger partial charge in [-0.15, -0.1) is 11.3 Å². The third kappa shape index (κ3) is 2.98. The van der Waals surface area contributed by atoms with Gasteiger partial charge in [0.05, 0.1) is 17.4 Å². The molecule has 136 valence electrons. The molecule has 0 radical (unpaired) electrons. The molecule has 1 spiro atoms. The Hall–Kier alpha value is -2.34. The minimum atomic E-state index is -0.251. The molecule has 0 saturated carbocycles. The summed E-state index contributed by atoms with van der Waals surface area (Å²) in [5.41, 5.74) is 0.859. The molecule has 0 N–H and O–H groups in total. The zero-order chi connectivity index (χ0) is 18.1. The summed E-state index contributed by atoms with van der Waals surface area (Å²) in [4.78, 5) is 29.8. The zero-order valence-corrected chi connectivity index (χ0v) is 15.6. The number of likely N-dealkylation sites (tertiary alicyclic amines) is 2. The summed E-state index contributed by atoms with van der Waals surface area (Å²) < 4.78 is 5.17. The van der Waals surface area contributed by atoms with Crippen LogP contribution in [0.4, 0.5) is 0 Å². The fourth-order valence-corrected chi connectivity index (χ4v) is 4.58. The number of carbonyl (C=O) groups excluding carboxylic acids is 2. The molecule has 2 fully saturated rings. The number of piperidine rings is 1. The van der Waals surface area contributed by atoms with Crippen molar-refractivity contribution in [1.29, 1.82) is 0 Å². The Balaban J connectivity index is 1.33. The molecular weight excluding hydrogens is 348 g/mol. The number of hydrogen-bond donors (Lipinski definition) is 0. The first-order chi connectivity index (χ1) is 12.6. The summed E-state index contributed by atoms with van der Waals surface area (Å²) in [5, 5.41) is 1.92. The number of thiophene rings is 1. The molecule has 0 atom stereocenters. The number of benzene rings is 1. The summed E-state index contributed by atoms with van der Waals surface area (Å²) in [7, 11) is 1.65. The molecular formula is C20H22N2O3S. The Morgan fingerprint density at radius 2 is 1.92 bits per heavy atom. The Bertz CT molecular complexity index is 793. The Morgan fingerprint density at radius 3 is 2.50 bits per heavy atom. The molecule has 1 aromatic heterocycles. The number of rotatable bonds is 4. The maximum Gasteiger partial charge on any atom is 0.263 e. The molecule has 2 aliphatic rings. The molecule has 2 amide bonds. The number of β-lactam (4-membered cyclic amide) rings is 1. The predicted molar refractivity (Wildman–Crippen MR) is 100 cm³/mol. The number of hydrogen-bond acceptors (Lipinski definition) is 4. The highest BCUT2D eigenvalue weighted by Gasteiger charge is 2.53. The van der Waals surface area contributed by atoms with E-state index in [2.05, 4.69) is 0 Å². The van der Waals surface area contributed by atoms with Crippen LogP contribution in [0, 0.1) is 5.41 Å². The van der Waals surface area contributed by atoms with Gasteiger partial charge in [0.15, 0.2) is 0 Å². The topological polar surface area (TPSA) is 49.9 Å². The first kappa shape index (κ1) is 17.1. The van der Waals surface area contributed by atoms with E-state index >= 15 is 0 Å². The number of methoxy groups -OCH3 is 1. The van der Waals surface area contributed by atoms with Gasteiger partial charge in [-0.05, 0) is 42.0 Å². The van der Waals surface area contributed by atoms with Gasteiger partial charge in [0.1, 0.15) is 5.75 Å². The lowest BCUT2D eigenvalue weighted by molar-refractivity contribution is -0.165. The zero-order valence-electron chi connectivity index (χ0n) is 14.8. The molecule has 6 heteroatoms. The fourth-order valence-electron chi connectivity index (χ4n) is 3.89. The van der Waals surface area contributed by atoms with E-state index in [1.54, 1.807) is 7.11 Å². The number of amides is 2. The van der Waals surface area contributed by atoms with E-state index < -0.39 is 0 Å². The van der Waals surface area contributed by atoms with Crippen LogP contribution in [0.15, 0.2) is 41.8 Å². The summed E-state index contributed by atoms with van der Waals surface area (Å²) >= 11 is 1.47. The summed E-state index contributed by atoms with van der Waals surface area (Å²) in [6, 6.07) is 11.6. The van der Waals surface area contributed by atoms with Crippen LogP contribution in [-0.2, 0) is 11.3 Å². The lowest BCUT2D eigenvalue weighted by Gasteiger charge is -2.52. The second kappa shape index (κ2) is 6.76. The lowest BCUT2D eigenvalue weighted by atomic mass is 9.71. The minimum Gasteiger partial charge on any atom is -0.497 e. The van der Waals surface area contributed by atoms with Crippen molar-refractivity contribution in [1.82, 2.24) is 9.80 Å². The highest BCUT2D eigenvalue weighted by molar-refractivity contribution is 7.12. The van der Waals surface area contributed by atoms with Crippen molar-refractivity contribution >= 4 is 23.2 Å². The molecule has 3 heterocycles. The van der Waals surface area contributed by atoms with Gasteiger partial charge in [-0.25, -0.2) is 0 Å². The van der Waals surface area contributed by atoms with Crippen molar-refractivity contribution in [3.63, 3.8) is 0 Å². The number of carbonyl (C=O) groups is 2. The van der Waals surface area contributed by atoms with Crippen LogP contribution in [0.3, 0.4) is 0 Å². The van der Waals surface area contributed by atoms with Crippen LogP contribution in [0.25, 0.3) is 0 Å². The van der Waals surface area contributed by atoms with E-state index in [1.165, 1.54) is 11.3 Å². The maximum absolute atomic E-state index is 12.8. The second-order valence-electron chi connectivity index (χ2n) is 7.06. The van der Waals surface area contributed by atoms with Gasteiger partial charge in [0.25, 0.3) is 5.91 Å². The number of nitrogens with zero attached hydrogens (tertiary/aromatic N) is 2. The Morgan fingerprint density at radius 1 is 1.19 bits per heavy atom. The van der Waals surface area contributed by atoms with Gasteiger partial charge >= 0.3 is 0 Å². The summed E-state index contributed by atoms with van der Waals surface area (Å²) in [6.45, 7) is 2.76. The molecule has 2 aromatic rings. The van der Waals surface area contributed by atoms with Crippen molar-refractivity contribution in [2.45, 2.75) is 19.4 Å². The highest BCUT2D eigenvalue weighted by atomic mass is 32.1. The molecule has 2 saturated heterocycles. The highest BCUT2D eigenvalue weighted by Crippen LogP contribution is 2.42. The van der Waals surface area contributed by atoms with E-state index in [0.29, 0.717) is 19.6 Å². The van der Waals surface area contributed by atoms with Gasteiger partial charge in [0, 0.05) is 26.2 Å². The Kier molecular flexibility index (Phi) is 4.44. The smallest absolute Gasteiger partial charge is 0.263 e. The normalized spacial score (nSPS) is 18.7. The van der Waals surface area contributed by atoms with E-state index in [1.807, 2.05) is 51.6 Å². The van der Waals surface area contributed by atoms with Crippen LogP contribution in [0.5, 0.6) is 5.75 Å². The quantitative estimate of drug-likeness (QED) is 0.778. The van der Waals surface area contributed by atoms with Crippen LogP contribution in [0.2, 0.25) is 0 Å². The van der Waals surface area contributed by atoms with Crippen molar-refractivity contribution in [2.24, 2.45) is 5.41 Å². The molecule has 2 aliphatic heterocycles. The van der Waals surface area contributed by atoms with Crippen LogP contribution in [0.1, 0.15) is 28.1 Å². The van der Waals surface area contributed by atoms with E-state index in [0.717, 1.165) is 35.6 Å². The standard InChI is InChI=1S/C20H22N2O3S/c1-25-16-6-4-15(5-7-16)13-22-14-20(19(22)24)8-10-21(11-9-20)18(23)17-3-2-12-26-17/h2-7,12H,8-11,13-14H2,1H3. The van der Waals surface area contributed by atoms with Crippen LogP contribution >= 0.6 is 11.3 Å². The first-order valence-corrected chi connectivity index (χ1v) is 9.74. The van der Waals surface area contributed by atoms with Gasteiger partial charge in [-0.1, -0.05) is 18.2 Å². The van der Waals surface area contributed by atoms with Crippen molar-refractivity contribution < 1.29 is 14.3 Å². The predicted octanol–water partition coefficient (Wildman–Crippen LogP) is 3.02. The Labute approximate surface area is 157 Å². The van der Waals surface area contributed by atoms with E-state index in [-0.39, 0.29) is 17.2 Å². The molecule has 1 aromatic carbocycles. The summed E-state index contributed by atoms with van der Waals surface area (Å²) in [6.07, 6.45) is 1.53. The lowest BCUT2D eigenvalue weighted by Crippen LogP contribution is -2.64. The van der Waals surface area contributed by atoms with Crippen molar-refractivity contribution in [3.8, 4) is 5.75 Å². The molecule has 26 heavy (non-hydrogen) atoms. The van der Waals surface area contributed by atoms with Gasteiger partial charge < -0.3 is 14.5 Å². The molecule has 0 bridgehead atoms. The van der Waals surface area contributed by atoms with Gasteiger partial charge in [-0.3, -0.25) is 9.59 Å². The second-order valence-corrected chi connectivity index (χ2v) is 8.01. The van der Waals surface area contributed by atoms with E-state index in [4.69, 9.17) is 4.74 Å². The molecule has 4 rings (SSSR count). The van der Waals surface area contributed by atoms with Gasteiger partial charge in [-0.2, -0.15) is 0 Å². The SMILES string of the molecule is COc1ccc(CN2CC3(CCN(C(=O)c4cccs4)CC3)C2=O)cc1. The minimum absolute atomic E-state index is 0.0942. The van der Waals surface area contributed by atoms with Crippen LogP contribution in [-0.4, -0.2) is 48.4 Å². The summed E-state index contributed by atoms with van der Waals surface area (Å²) in [5.74, 6) is 1.15. The first-order valence-electron chi connectivity index (χ1n) is 8.86. The van der Waals surface area contributed by atoms with Gasteiger partial charge in [0.2, 0.25) is 5.91 Å².